The number of carbonyl (C=O) groups is 3. The van der Waals surface area contributed by atoms with Crippen molar-refractivity contribution in [2.45, 2.75) is 39.2 Å². The number of hydrogen-bond donors (Lipinski definition) is 0. The molecule has 0 aliphatic heterocycles. The Kier molecular flexibility index (Phi) is 6.14. The fourth-order valence-corrected chi connectivity index (χ4v) is 0.796. The molecule has 0 aromatic heterocycles. The summed E-state index contributed by atoms with van der Waals surface area (Å²) in [6.07, 6.45) is -0.158. The van der Waals surface area contributed by atoms with E-state index in [1.165, 1.54) is 0 Å². The van der Waals surface area contributed by atoms with Crippen LogP contribution in [0.3, 0.4) is 0 Å². The molecular weight excluding hydrogens is 216 g/mol. The molecule has 0 saturated heterocycles. The van der Waals surface area contributed by atoms with Gasteiger partial charge in [0.15, 0.2) is 0 Å². The van der Waals surface area contributed by atoms with Gasteiger partial charge in [0.2, 0.25) is 6.79 Å². The zero-order valence-corrected chi connectivity index (χ0v) is 9.65. The first-order valence-corrected chi connectivity index (χ1v) is 4.78. The van der Waals surface area contributed by atoms with E-state index in [4.69, 9.17) is 4.74 Å². The van der Waals surface area contributed by atoms with E-state index >= 15 is 0 Å². The fourth-order valence-electron chi connectivity index (χ4n) is 0.796. The van der Waals surface area contributed by atoms with E-state index in [9.17, 15) is 14.4 Å². The van der Waals surface area contributed by atoms with Crippen molar-refractivity contribution in [3.05, 3.63) is 0 Å². The van der Waals surface area contributed by atoms with Crippen LogP contribution in [0.5, 0.6) is 0 Å². The van der Waals surface area contributed by atoms with E-state index < -0.39 is 24.3 Å². The molecule has 0 spiro atoms. The Labute approximate surface area is 93.8 Å². The van der Waals surface area contributed by atoms with Crippen molar-refractivity contribution in [3.63, 3.8) is 0 Å². The molecule has 92 valence electrons. The Morgan fingerprint density at radius 3 is 2.19 bits per heavy atom. The molecule has 0 saturated carbocycles. The molecule has 0 bridgehead atoms. The average Bonchev–Trinajstić information content (AvgIpc) is 2.12. The Bertz CT molecular complexity index is 253. The molecule has 0 amide bonds. The van der Waals surface area contributed by atoms with Gasteiger partial charge in [0, 0.05) is 0 Å². The summed E-state index contributed by atoms with van der Waals surface area (Å²) >= 11 is 0. The van der Waals surface area contributed by atoms with Crippen LogP contribution >= 0.6 is 0 Å². The highest BCUT2D eigenvalue weighted by molar-refractivity contribution is 5.77. The monoisotopic (exact) mass is 232 g/mol. The topological polar surface area (TPSA) is 78.9 Å². The summed E-state index contributed by atoms with van der Waals surface area (Å²) in [5, 5.41) is 0. The molecular formula is C10H16O6. The number of ether oxygens (including phenoxy) is 3. The third-order valence-electron chi connectivity index (χ3n) is 1.31. The summed E-state index contributed by atoms with van der Waals surface area (Å²) in [5.74, 6) is -1.09. The summed E-state index contributed by atoms with van der Waals surface area (Å²) < 4.78 is 13.6. The lowest BCUT2D eigenvalue weighted by Gasteiger charge is -2.19. The number of hydrogen-bond acceptors (Lipinski definition) is 6. The van der Waals surface area contributed by atoms with Crippen LogP contribution in [0, 0.1) is 0 Å². The van der Waals surface area contributed by atoms with E-state index in [0.29, 0.717) is 0 Å². The molecule has 0 heterocycles. The standard InChI is InChI=1S/C10H16O6/c1-10(2,3)16-9(13)5-4-8(12)15-7-14-6-11/h6H,4-5,7H2,1-3H3. The Morgan fingerprint density at radius 1 is 1.12 bits per heavy atom. The number of esters is 2. The summed E-state index contributed by atoms with van der Waals surface area (Å²) in [5.41, 5.74) is -0.568. The number of carbonyl (C=O) groups excluding carboxylic acids is 3. The first-order chi connectivity index (χ1) is 7.35. The lowest BCUT2D eigenvalue weighted by molar-refractivity contribution is -0.164. The van der Waals surface area contributed by atoms with Gasteiger partial charge in [-0.05, 0) is 20.8 Å². The van der Waals surface area contributed by atoms with Crippen LogP contribution in [0.25, 0.3) is 0 Å². The van der Waals surface area contributed by atoms with Gasteiger partial charge in [-0.1, -0.05) is 0 Å². The summed E-state index contributed by atoms with van der Waals surface area (Å²) in [6.45, 7) is 4.95. The lowest BCUT2D eigenvalue weighted by atomic mass is 10.2. The minimum absolute atomic E-state index is 0.0583. The van der Waals surface area contributed by atoms with Crippen molar-refractivity contribution in [2.75, 3.05) is 6.79 Å². The van der Waals surface area contributed by atoms with Gasteiger partial charge in [-0.25, -0.2) is 0 Å². The maximum Gasteiger partial charge on any atom is 0.309 e. The second kappa shape index (κ2) is 6.81. The third kappa shape index (κ3) is 8.98. The van der Waals surface area contributed by atoms with Crippen LogP contribution in [0.2, 0.25) is 0 Å². The van der Waals surface area contributed by atoms with Gasteiger partial charge < -0.3 is 14.2 Å². The summed E-state index contributed by atoms with van der Waals surface area (Å²) in [7, 11) is 0. The van der Waals surface area contributed by atoms with Crippen LogP contribution in [-0.2, 0) is 28.6 Å². The molecule has 0 radical (unpaired) electrons. The molecule has 0 aliphatic carbocycles. The fraction of sp³-hybridized carbons (Fsp3) is 0.700. The zero-order valence-electron chi connectivity index (χ0n) is 9.65. The second-order valence-electron chi connectivity index (χ2n) is 3.98. The molecule has 0 aromatic carbocycles. The molecule has 16 heavy (non-hydrogen) atoms. The number of rotatable bonds is 6. The van der Waals surface area contributed by atoms with Crippen molar-refractivity contribution in [1.29, 1.82) is 0 Å². The molecule has 0 atom stereocenters. The normalized spacial score (nSPS) is 10.4. The van der Waals surface area contributed by atoms with Gasteiger partial charge >= 0.3 is 11.9 Å². The van der Waals surface area contributed by atoms with Crippen molar-refractivity contribution < 1.29 is 28.6 Å². The Hall–Kier alpha value is -1.59. The SMILES string of the molecule is CC(C)(C)OC(=O)CCC(=O)OCOC=O. The van der Waals surface area contributed by atoms with Gasteiger partial charge in [0.25, 0.3) is 6.47 Å². The molecule has 0 N–H and O–H groups in total. The zero-order chi connectivity index (χ0) is 12.6. The van der Waals surface area contributed by atoms with Crippen LogP contribution in [0.1, 0.15) is 33.6 Å². The predicted octanol–water partition coefficient (Wildman–Crippen LogP) is 0.782. The lowest BCUT2D eigenvalue weighted by Crippen LogP contribution is -2.24. The summed E-state index contributed by atoms with van der Waals surface area (Å²) in [4.78, 5) is 31.9. The molecule has 0 unspecified atom stereocenters. The van der Waals surface area contributed by atoms with E-state index in [-0.39, 0.29) is 19.3 Å². The van der Waals surface area contributed by atoms with Crippen molar-refractivity contribution in [3.8, 4) is 0 Å². The first-order valence-electron chi connectivity index (χ1n) is 4.78. The predicted molar refractivity (Wildman–Crippen MR) is 53.2 cm³/mol. The van der Waals surface area contributed by atoms with Crippen molar-refractivity contribution >= 4 is 18.4 Å². The molecule has 0 fully saturated rings. The van der Waals surface area contributed by atoms with E-state index in [1.807, 2.05) is 0 Å². The smallest absolute Gasteiger partial charge is 0.309 e. The van der Waals surface area contributed by atoms with Crippen LogP contribution < -0.4 is 0 Å². The second-order valence-corrected chi connectivity index (χ2v) is 3.98. The summed E-state index contributed by atoms with van der Waals surface area (Å²) in [6, 6.07) is 0. The third-order valence-corrected chi connectivity index (χ3v) is 1.31. The molecule has 0 aliphatic rings. The van der Waals surface area contributed by atoms with Crippen molar-refractivity contribution in [2.24, 2.45) is 0 Å². The van der Waals surface area contributed by atoms with Gasteiger partial charge in [-0.15, -0.1) is 0 Å². The largest absolute Gasteiger partial charge is 0.460 e. The highest BCUT2D eigenvalue weighted by atomic mass is 16.7. The molecule has 6 heteroatoms. The molecule has 0 aromatic rings. The van der Waals surface area contributed by atoms with Gasteiger partial charge in [-0.3, -0.25) is 14.4 Å². The quantitative estimate of drug-likeness (QED) is 0.291. The van der Waals surface area contributed by atoms with E-state index in [0.717, 1.165) is 0 Å². The maximum absolute atomic E-state index is 11.2. The van der Waals surface area contributed by atoms with Crippen molar-refractivity contribution in [1.82, 2.24) is 0 Å². The Morgan fingerprint density at radius 2 is 1.69 bits per heavy atom. The highest BCUT2D eigenvalue weighted by Crippen LogP contribution is 2.09. The minimum Gasteiger partial charge on any atom is -0.460 e. The van der Waals surface area contributed by atoms with Crippen LogP contribution in [0.15, 0.2) is 0 Å². The molecule has 6 nitrogen and oxygen atoms in total. The Balaban J connectivity index is 3.67. The van der Waals surface area contributed by atoms with Gasteiger partial charge in [0.1, 0.15) is 5.60 Å². The van der Waals surface area contributed by atoms with Crippen LogP contribution in [0.4, 0.5) is 0 Å². The van der Waals surface area contributed by atoms with E-state index in [1.54, 1.807) is 20.8 Å². The van der Waals surface area contributed by atoms with Crippen LogP contribution in [-0.4, -0.2) is 30.8 Å². The maximum atomic E-state index is 11.2. The first kappa shape index (κ1) is 14.4. The molecule has 0 rings (SSSR count). The minimum atomic E-state index is -0.618. The van der Waals surface area contributed by atoms with Gasteiger partial charge in [-0.2, -0.15) is 0 Å². The average molecular weight is 232 g/mol. The van der Waals surface area contributed by atoms with Gasteiger partial charge in [0.05, 0.1) is 12.8 Å². The van der Waals surface area contributed by atoms with E-state index in [2.05, 4.69) is 9.47 Å². The highest BCUT2D eigenvalue weighted by Gasteiger charge is 2.17.